The van der Waals surface area contributed by atoms with E-state index in [0.29, 0.717) is 53.7 Å². The summed E-state index contributed by atoms with van der Waals surface area (Å²) in [6, 6.07) is 13.6. The first kappa shape index (κ1) is 27.0. The monoisotopic (exact) mass is 564 g/mol. The number of aryl methyl sites for hydroxylation is 2. The summed E-state index contributed by atoms with van der Waals surface area (Å²) >= 11 is 0. The number of fused-ring (bicyclic) bond motifs is 2. The number of carbonyl (C=O) groups is 1. The van der Waals surface area contributed by atoms with Crippen molar-refractivity contribution < 1.29 is 14.3 Å². The summed E-state index contributed by atoms with van der Waals surface area (Å²) in [6.07, 6.45) is 4.66. The van der Waals surface area contributed by atoms with Crippen molar-refractivity contribution in [3.8, 4) is 17.2 Å². The van der Waals surface area contributed by atoms with Gasteiger partial charge in [0.1, 0.15) is 34.9 Å². The highest BCUT2D eigenvalue weighted by molar-refractivity contribution is 5.89. The van der Waals surface area contributed by atoms with Gasteiger partial charge < -0.3 is 29.2 Å². The van der Waals surface area contributed by atoms with E-state index in [1.165, 1.54) is 12.4 Å². The van der Waals surface area contributed by atoms with Gasteiger partial charge in [0, 0.05) is 44.9 Å². The Morgan fingerprint density at radius 2 is 1.93 bits per heavy atom. The number of ether oxygens (including phenoxy) is 2. The van der Waals surface area contributed by atoms with E-state index >= 15 is 0 Å². The number of benzene rings is 2. The van der Waals surface area contributed by atoms with Crippen LogP contribution in [0.4, 0.5) is 17.3 Å². The number of anilines is 3. The highest BCUT2D eigenvalue weighted by atomic mass is 16.5. The number of nitrogens with zero attached hydrogens (tertiary/aromatic N) is 7. The van der Waals surface area contributed by atoms with E-state index in [-0.39, 0.29) is 11.9 Å². The zero-order chi connectivity index (χ0) is 29.4. The first-order valence-electron chi connectivity index (χ1n) is 13.7. The van der Waals surface area contributed by atoms with Crippen molar-refractivity contribution in [2.45, 2.75) is 19.9 Å². The van der Waals surface area contributed by atoms with Crippen molar-refractivity contribution in [3.63, 3.8) is 0 Å². The van der Waals surface area contributed by atoms with Gasteiger partial charge in [0.15, 0.2) is 5.82 Å². The Hall–Kier alpha value is -5.19. The van der Waals surface area contributed by atoms with Crippen molar-refractivity contribution in [3.05, 3.63) is 73.3 Å². The molecule has 1 amide bonds. The molecular formula is C31H32N8O3. The van der Waals surface area contributed by atoms with Gasteiger partial charge in [-0.05, 0) is 55.8 Å². The minimum absolute atomic E-state index is 0.0326. The molecule has 0 radical (unpaired) electrons. The van der Waals surface area contributed by atoms with Crippen LogP contribution in [0.5, 0.6) is 17.2 Å². The smallest absolute Gasteiger partial charge is 0.246 e. The fourth-order valence-corrected chi connectivity index (χ4v) is 5.29. The Morgan fingerprint density at radius 3 is 2.71 bits per heavy atom. The van der Waals surface area contributed by atoms with E-state index in [1.54, 1.807) is 13.4 Å². The summed E-state index contributed by atoms with van der Waals surface area (Å²) in [5, 5.41) is 3.40. The Labute approximate surface area is 243 Å². The van der Waals surface area contributed by atoms with Crippen LogP contribution in [0.25, 0.3) is 22.1 Å². The molecule has 5 aromatic rings. The molecule has 42 heavy (non-hydrogen) atoms. The lowest BCUT2D eigenvalue weighted by Crippen LogP contribution is -2.53. The molecule has 11 heteroatoms. The maximum absolute atomic E-state index is 12.2. The zero-order valence-corrected chi connectivity index (χ0v) is 24.0. The van der Waals surface area contributed by atoms with Crippen molar-refractivity contribution in [1.82, 2.24) is 29.4 Å². The molecule has 214 valence electrons. The summed E-state index contributed by atoms with van der Waals surface area (Å²) in [4.78, 5) is 34.5. The van der Waals surface area contributed by atoms with Crippen LogP contribution >= 0.6 is 0 Å². The van der Waals surface area contributed by atoms with E-state index in [2.05, 4.69) is 31.7 Å². The Balaban J connectivity index is 1.27. The van der Waals surface area contributed by atoms with Gasteiger partial charge >= 0.3 is 0 Å². The van der Waals surface area contributed by atoms with Crippen LogP contribution in [-0.4, -0.2) is 68.1 Å². The molecule has 6 rings (SSSR count). The number of nitrogens with one attached hydrogen (secondary N) is 1. The fourth-order valence-electron chi connectivity index (χ4n) is 5.29. The first-order valence-corrected chi connectivity index (χ1v) is 13.7. The third kappa shape index (κ3) is 5.05. The van der Waals surface area contributed by atoms with Crippen molar-refractivity contribution in [2.75, 3.05) is 37.0 Å². The quantitative estimate of drug-likeness (QED) is 0.273. The standard InChI is InChI=1S/C31H32N8O3/c1-6-29(40)39-12-11-38(16-20(39)3)28-10-8-22-30(36-28)31(33-17-32-22)35-24-13-19(2)26(15-27(24)41-5)42-21-7-9-25-23(14-21)34-18-37(25)4/h6-10,13-15,17-18,20H,1,11-12,16H2,2-5H3,(H,32,33,35)/t20-/m1/s1. The summed E-state index contributed by atoms with van der Waals surface area (Å²) in [7, 11) is 3.58. The minimum atomic E-state index is -0.0524. The Kier molecular flexibility index (Phi) is 7.07. The lowest BCUT2D eigenvalue weighted by Gasteiger charge is -2.40. The van der Waals surface area contributed by atoms with Crippen LogP contribution in [0.2, 0.25) is 0 Å². The predicted octanol–water partition coefficient (Wildman–Crippen LogP) is 4.99. The number of amides is 1. The van der Waals surface area contributed by atoms with Gasteiger partial charge in [0.05, 0.1) is 35.7 Å². The van der Waals surface area contributed by atoms with Crippen LogP contribution in [0.15, 0.2) is 67.8 Å². The molecule has 0 bridgehead atoms. The first-order chi connectivity index (χ1) is 20.3. The molecule has 1 aliphatic heterocycles. The molecule has 1 aliphatic rings. The SMILES string of the molecule is C=CC(=O)N1CCN(c2ccc3ncnc(Nc4cc(C)c(Oc5ccc6c(c5)ncn6C)cc4OC)c3n2)C[C@H]1C. The average Bonchev–Trinajstić information content (AvgIpc) is 3.37. The summed E-state index contributed by atoms with van der Waals surface area (Å²) < 4.78 is 13.9. The lowest BCUT2D eigenvalue weighted by molar-refractivity contribution is -0.128. The molecule has 0 aliphatic carbocycles. The summed E-state index contributed by atoms with van der Waals surface area (Å²) in [5.74, 6) is 3.26. The van der Waals surface area contributed by atoms with E-state index < -0.39 is 0 Å². The average molecular weight is 565 g/mol. The third-order valence-electron chi connectivity index (χ3n) is 7.55. The fraction of sp³-hybridized carbons (Fsp3) is 0.258. The Morgan fingerprint density at radius 1 is 1.07 bits per heavy atom. The molecule has 3 aromatic heterocycles. The number of carbonyl (C=O) groups excluding carboxylic acids is 1. The number of aromatic nitrogens is 5. The molecule has 0 saturated carbocycles. The normalized spacial score (nSPS) is 15.2. The highest BCUT2D eigenvalue weighted by Gasteiger charge is 2.27. The van der Waals surface area contributed by atoms with E-state index in [9.17, 15) is 4.79 Å². The number of hydrogen-bond donors (Lipinski definition) is 1. The number of hydrogen-bond acceptors (Lipinski definition) is 9. The molecule has 4 heterocycles. The van der Waals surface area contributed by atoms with Crippen LogP contribution < -0.4 is 19.7 Å². The maximum Gasteiger partial charge on any atom is 0.246 e. The van der Waals surface area contributed by atoms with Gasteiger partial charge in [-0.25, -0.2) is 19.9 Å². The molecule has 1 fully saturated rings. The van der Waals surface area contributed by atoms with Crippen molar-refractivity contribution in [1.29, 1.82) is 0 Å². The third-order valence-corrected chi connectivity index (χ3v) is 7.55. The van der Waals surface area contributed by atoms with E-state index in [4.69, 9.17) is 14.5 Å². The topological polar surface area (TPSA) is 111 Å². The summed E-state index contributed by atoms with van der Waals surface area (Å²) in [6.45, 7) is 9.56. The van der Waals surface area contributed by atoms with Crippen LogP contribution in [0.1, 0.15) is 12.5 Å². The van der Waals surface area contributed by atoms with E-state index in [0.717, 1.165) is 28.1 Å². The van der Waals surface area contributed by atoms with Crippen LogP contribution in [0, 0.1) is 6.92 Å². The molecule has 1 saturated heterocycles. The maximum atomic E-state index is 12.2. The highest BCUT2D eigenvalue weighted by Crippen LogP contribution is 2.37. The largest absolute Gasteiger partial charge is 0.494 e. The van der Waals surface area contributed by atoms with Gasteiger partial charge in [-0.2, -0.15) is 0 Å². The Bertz CT molecular complexity index is 1820. The van der Waals surface area contributed by atoms with Gasteiger partial charge in [-0.1, -0.05) is 6.58 Å². The second-order valence-electron chi connectivity index (χ2n) is 10.3. The molecular weight excluding hydrogens is 532 g/mol. The number of methoxy groups -OCH3 is 1. The van der Waals surface area contributed by atoms with Crippen molar-refractivity contribution >= 4 is 45.3 Å². The molecule has 1 N–H and O–H groups in total. The predicted molar refractivity (Wildman–Crippen MR) is 163 cm³/mol. The number of imidazole rings is 1. The van der Waals surface area contributed by atoms with Crippen LogP contribution in [-0.2, 0) is 11.8 Å². The molecule has 0 unspecified atom stereocenters. The summed E-state index contributed by atoms with van der Waals surface area (Å²) in [5.41, 5.74) is 4.88. The van der Waals surface area contributed by atoms with E-state index in [1.807, 2.05) is 72.8 Å². The number of pyridine rings is 1. The van der Waals surface area contributed by atoms with Gasteiger partial charge in [-0.3, -0.25) is 4.79 Å². The molecule has 2 aromatic carbocycles. The van der Waals surface area contributed by atoms with Crippen LogP contribution in [0.3, 0.4) is 0 Å². The minimum Gasteiger partial charge on any atom is -0.494 e. The van der Waals surface area contributed by atoms with Gasteiger partial charge in [-0.15, -0.1) is 0 Å². The molecule has 0 spiro atoms. The van der Waals surface area contributed by atoms with Gasteiger partial charge in [0.2, 0.25) is 5.91 Å². The van der Waals surface area contributed by atoms with Gasteiger partial charge in [0.25, 0.3) is 0 Å². The number of rotatable bonds is 7. The second-order valence-corrected chi connectivity index (χ2v) is 10.3. The lowest BCUT2D eigenvalue weighted by atomic mass is 10.1. The van der Waals surface area contributed by atoms with Crippen molar-refractivity contribution in [2.24, 2.45) is 7.05 Å². The zero-order valence-electron chi connectivity index (χ0n) is 24.0. The number of piperazine rings is 1. The second kappa shape index (κ2) is 11.0. The molecule has 1 atom stereocenters. The molecule has 11 nitrogen and oxygen atoms in total.